The fraction of sp³-hybridized carbons (Fsp3) is 0.500. The molecule has 0 aliphatic carbocycles. The van der Waals surface area contributed by atoms with Gasteiger partial charge < -0.3 is 4.65 Å². The van der Waals surface area contributed by atoms with E-state index in [1.807, 2.05) is 12.2 Å². The third-order valence-corrected chi connectivity index (χ3v) is 3.31. The average Bonchev–Trinajstić information content (AvgIpc) is 2.04. The van der Waals surface area contributed by atoms with Crippen molar-refractivity contribution in [1.29, 1.82) is 0 Å². The molecule has 0 aromatic heterocycles. The Kier molecular flexibility index (Phi) is 5.45. The topological polar surface area (TPSA) is 12.0 Å². The Balaban J connectivity index is 4.18. The summed E-state index contributed by atoms with van der Waals surface area (Å²) < 4.78 is 2.99. The summed E-state index contributed by atoms with van der Waals surface area (Å²) in [5.74, 6) is 0. The quantitative estimate of drug-likeness (QED) is 0.484. The van der Waals surface area contributed by atoms with Crippen molar-refractivity contribution < 1.29 is 0 Å². The van der Waals surface area contributed by atoms with Crippen LogP contribution in [0, 0.1) is 0 Å². The van der Waals surface area contributed by atoms with Gasteiger partial charge in [-0.2, -0.15) is 0 Å². The predicted molar refractivity (Wildman–Crippen MR) is 52.6 cm³/mol. The highest BCUT2D eigenvalue weighted by Crippen LogP contribution is 2.32. The van der Waals surface area contributed by atoms with Gasteiger partial charge in [0, 0.05) is 5.04 Å². The van der Waals surface area contributed by atoms with E-state index in [9.17, 15) is 0 Å². The van der Waals surface area contributed by atoms with E-state index in [1.165, 1.54) is 0 Å². The third-order valence-electron chi connectivity index (χ3n) is 1.69. The van der Waals surface area contributed by atoms with Crippen molar-refractivity contribution in [3.05, 3.63) is 25.3 Å². The van der Waals surface area contributed by atoms with Crippen molar-refractivity contribution in [2.24, 2.45) is 0 Å². The molecule has 0 heterocycles. The standard InChI is InChI=1S/C8H14NSi2/c1-4-7-8(5-2,6-3)11-9-10/h5-6,9H,2-4,7H2,1H3. The molecular formula is C8H14NSi2. The zero-order chi connectivity index (χ0) is 8.74. The van der Waals surface area contributed by atoms with E-state index in [1.54, 1.807) is 0 Å². The minimum absolute atomic E-state index is 0.0799. The van der Waals surface area contributed by atoms with E-state index in [0.717, 1.165) is 12.8 Å². The fourth-order valence-electron chi connectivity index (χ4n) is 0.982. The van der Waals surface area contributed by atoms with Gasteiger partial charge in [-0.3, -0.25) is 0 Å². The van der Waals surface area contributed by atoms with Crippen molar-refractivity contribution >= 4 is 20.1 Å². The summed E-state index contributed by atoms with van der Waals surface area (Å²) in [6.07, 6.45) is 6.19. The van der Waals surface area contributed by atoms with Crippen LogP contribution in [0.5, 0.6) is 0 Å². The molecule has 0 bridgehead atoms. The summed E-state index contributed by atoms with van der Waals surface area (Å²) in [4.78, 5) is 0. The van der Waals surface area contributed by atoms with Crippen molar-refractivity contribution in [1.82, 2.24) is 4.65 Å². The lowest BCUT2D eigenvalue weighted by atomic mass is 10.0. The van der Waals surface area contributed by atoms with Crippen molar-refractivity contribution in [2.45, 2.75) is 24.8 Å². The normalized spacial score (nSPS) is 11.1. The third kappa shape index (κ3) is 3.18. The van der Waals surface area contributed by atoms with Crippen molar-refractivity contribution in [3.63, 3.8) is 0 Å². The molecule has 1 nitrogen and oxygen atoms in total. The van der Waals surface area contributed by atoms with Crippen LogP contribution in [0.15, 0.2) is 25.3 Å². The molecule has 0 aromatic carbocycles. The summed E-state index contributed by atoms with van der Waals surface area (Å²) in [6.45, 7) is 9.80. The van der Waals surface area contributed by atoms with Crippen molar-refractivity contribution in [2.75, 3.05) is 0 Å². The first-order valence-electron chi connectivity index (χ1n) is 3.70. The van der Waals surface area contributed by atoms with Gasteiger partial charge in [-0.15, -0.1) is 13.2 Å². The molecule has 0 rings (SSSR count). The van der Waals surface area contributed by atoms with E-state index in [4.69, 9.17) is 0 Å². The largest absolute Gasteiger partial charge is 0.364 e. The molecule has 0 fully saturated rings. The van der Waals surface area contributed by atoms with Crippen molar-refractivity contribution in [3.8, 4) is 0 Å². The molecule has 0 aliphatic heterocycles. The van der Waals surface area contributed by atoms with Gasteiger partial charge >= 0.3 is 0 Å². The van der Waals surface area contributed by atoms with E-state index >= 15 is 0 Å². The fourth-order valence-corrected chi connectivity index (χ4v) is 2.49. The number of hydrogen-bond acceptors (Lipinski definition) is 1. The first-order chi connectivity index (χ1) is 5.24. The monoisotopic (exact) mass is 180 g/mol. The lowest BCUT2D eigenvalue weighted by molar-refractivity contribution is 0.702. The molecule has 1 N–H and O–H groups in total. The molecule has 0 saturated heterocycles. The van der Waals surface area contributed by atoms with Gasteiger partial charge in [0.05, 0.1) is 0 Å². The van der Waals surface area contributed by atoms with E-state index < -0.39 is 0 Å². The molecule has 0 saturated carbocycles. The summed E-state index contributed by atoms with van der Waals surface area (Å²) in [5.41, 5.74) is 0. The lowest BCUT2D eigenvalue weighted by Crippen LogP contribution is -2.27. The molecule has 0 aromatic rings. The van der Waals surface area contributed by atoms with Gasteiger partial charge in [-0.1, -0.05) is 25.5 Å². The van der Waals surface area contributed by atoms with Crippen LogP contribution in [0.25, 0.3) is 0 Å². The van der Waals surface area contributed by atoms with Crippen LogP contribution in [0.2, 0.25) is 5.04 Å². The van der Waals surface area contributed by atoms with Crippen LogP contribution in [-0.4, -0.2) is 20.1 Å². The number of nitrogens with one attached hydrogen (secondary N) is 1. The second-order valence-electron chi connectivity index (χ2n) is 2.45. The molecule has 59 valence electrons. The average molecular weight is 180 g/mol. The van der Waals surface area contributed by atoms with Gasteiger partial charge in [0.25, 0.3) is 0 Å². The summed E-state index contributed by atoms with van der Waals surface area (Å²) >= 11 is 0. The Labute approximate surface area is 75.4 Å². The molecule has 0 spiro atoms. The maximum Gasteiger partial charge on any atom is 0.146 e. The second kappa shape index (κ2) is 5.51. The van der Waals surface area contributed by atoms with Crippen LogP contribution < -0.4 is 4.65 Å². The molecule has 5 radical (unpaired) electrons. The van der Waals surface area contributed by atoms with E-state index in [0.29, 0.717) is 9.68 Å². The SMILES string of the molecule is C=CC(C=C)(CCC)[Si]N[Si]. The first kappa shape index (κ1) is 10.9. The smallest absolute Gasteiger partial charge is 0.146 e. The maximum atomic E-state index is 3.82. The molecular weight excluding hydrogens is 166 g/mol. The highest BCUT2D eigenvalue weighted by Gasteiger charge is 2.21. The van der Waals surface area contributed by atoms with Gasteiger partial charge in [-0.05, 0) is 6.42 Å². The Morgan fingerprint density at radius 1 is 1.55 bits per heavy atom. The Morgan fingerprint density at radius 3 is 2.36 bits per heavy atom. The molecule has 0 unspecified atom stereocenters. The van der Waals surface area contributed by atoms with Crippen LogP contribution in [0.3, 0.4) is 0 Å². The van der Waals surface area contributed by atoms with Crippen LogP contribution in [0.1, 0.15) is 19.8 Å². The zero-order valence-electron chi connectivity index (χ0n) is 6.98. The van der Waals surface area contributed by atoms with Gasteiger partial charge in [0.15, 0.2) is 0 Å². The van der Waals surface area contributed by atoms with Gasteiger partial charge in [0.2, 0.25) is 0 Å². The summed E-state index contributed by atoms with van der Waals surface area (Å²) in [7, 11) is 3.86. The number of rotatable bonds is 6. The minimum atomic E-state index is 0.0799. The van der Waals surface area contributed by atoms with E-state index in [-0.39, 0.29) is 5.04 Å². The summed E-state index contributed by atoms with van der Waals surface area (Å²) in [5, 5.41) is 0.0799. The highest BCUT2D eigenvalue weighted by molar-refractivity contribution is 6.46. The van der Waals surface area contributed by atoms with Gasteiger partial charge in [0.1, 0.15) is 20.1 Å². The van der Waals surface area contributed by atoms with Crippen LogP contribution >= 0.6 is 0 Å². The first-order valence-corrected chi connectivity index (χ1v) is 5.20. The minimum Gasteiger partial charge on any atom is -0.364 e. The Morgan fingerprint density at radius 2 is 2.09 bits per heavy atom. The molecule has 3 heteroatoms. The summed E-state index contributed by atoms with van der Waals surface area (Å²) in [6, 6.07) is 0. The Hall–Kier alpha value is -0.126. The number of hydrogen-bond donors (Lipinski definition) is 1. The van der Waals surface area contributed by atoms with Gasteiger partial charge in [-0.25, -0.2) is 0 Å². The highest BCUT2D eigenvalue weighted by atomic mass is 28.3. The Bertz CT molecular complexity index is 118. The second-order valence-corrected chi connectivity index (χ2v) is 4.63. The predicted octanol–water partition coefficient (Wildman–Crippen LogP) is 1.61. The molecule has 0 atom stereocenters. The maximum absolute atomic E-state index is 3.82. The molecule has 0 amide bonds. The number of allylic oxidation sites excluding steroid dienone is 2. The lowest BCUT2D eigenvalue weighted by Gasteiger charge is -2.24. The zero-order valence-corrected chi connectivity index (χ0v) is 8.98. The molecule has 11 heavy (non-hydrogen) atoms. The molecule has 0 aliphatic rings. The van der Waals surface area contributed by atoms with Crippen LogP contribution in [-0.2, 0) is 0 Å². The van der Waals surface area contributed by atoms with E-state index in [2.05, 4.69) is 35.1 Å². The van der Waals surface area contributed by atoms with Crippen LogP contribution in [0.4, 0.5) is 0 Å².